The van der Waals surface area contributed by atoms with Gasteiger partial charge in [-0.1, -0.05) is 0 Å². The maximum absolute atomic E-state index is 11.7. The predicted octanol–water partition coefficient (Wildman–Crippen LogP) is -0.697. The number of hydrogen-bond donors (Lipinski definition) is 3. The van der Waals surface area contributed by atoms with Crippen LogP contribution in [-0.2, 0) is 23.1 Å². The van der Waals surface area contributed by atoms with Gasteiger partial charge in [-0.05, 0) is 0 Å². The standard InChI is InChI=1S/C10H16N4O3.ClH/c1-14-6-12-5-7(14)4-8(10(16)17)13-9(15)2-3-11;/h5-6,8H,2-4,11H2,1H3,(H,13,15)(H,16,17);1H/t8-;/m0./s1/i2D2,3D2;. The van der Waals surface area contributed by atoms with Crippen LogP contribution >= 0.6 is 12.4 Å². The van der Waals surface area contributed by atoms with E-state index in [9.17, 15) is 9.59 Å². The van der Waals surface area contributed by atoms with Crippen LogP contribution in [0.5, 0.6) is 0 Å². The fourth-order valence-corrected chi connectivity index (χ4v) is 1.25. The predicted molar refractivity (Wildman–Crippen MR) is 67.4 cm³/mol. The van der Waals surface area contributed by atoms with Gasteiger partial charge in [0.2, 0.25) is 5.91 Å². The van der Waals surface area contributed by atoms with Gasteiger partial charge in [0.15, 0.2) is 0 Å². The van der Waals surface area contributed by atoms with Gasteiger partial charge in [-0.15, -0.1) is 12.4 Å². The van der Waals surface area contributed by atoms with Gasteiger partial charge in [-0.3, -0.25) is 4.79 Å². The second-order valence-corrected chi connectivity index (χ2v) is 3.33. The van der Waals surface area contributed by atoms with Crippen molar-refractivity contribution in [2.75, 3.05) is 6.50 Å². The van der Waals surface area contributed by atoms with Gasteiger partial charge in [-0.2, -0.15) is 0 Å². The molecule has 0 saturated heterocycles. The van der Waals surface area contributed by atoms with E-state index in [0.717, 1.165) is 0 Å². The first-order valence-corrected chi connectivity index (χ1v) is 4.74. The monoisotopic (exact) mass is 280 g/mol. The van der Waals surface area contributed by atoms with Crippen LogP contribution in [0.15, 0.2) is 12.5 Å². The quantitative estimate of drug-likeness (QED) is 0.638. The second-order valence-electron chi connectivity index (χ2n) is 3.33. The van der Waals surface area contributed by atoms with Gasteiger partial charge in [-0.25, -0.2) is 9.78 Å². The van der Waals surface area contributed by atoms with Crippen molar-refractivity contribution in [3.63, 3.8) is 0 Å². The normalized spacial score (nSPS) is 16.3. The molecular weight excluding hydrogens is 260 g/mol. The molecule has 0 aliphatic carbocycles. The summed E-state index contributed by atoms with van der Waals surface area (Å²) in [6.45, 7) is -2.94. The molecule has 4 N–H and O–H groups in total. The zero-order valence-electron chi connectivity index (χ0n) is 13.6. The number of aromatic nitrogens is 2. The molecule has 0 unspecified atom stereocenters. The number of carboxylic acids is 1. The highest BCUT2D eigenvalue weighted by Crippen LogP contribution is 2.02. The molecule has 0 aliphatic heterocycles. The van der Waals surface area contributed by atoms with Gasteiger partial charge in [0.05, 0.1) is 6.33 Å². The van der Waals surface area contributed by atoms with Crippen LogP contribution in [0.1, 0.15) is 17.5 Å². The number of hydrogen-bond acceptors (Lipinski definition) is 4. The number of rotatable bonds is 6. The number of nitrogens with two attached hydrogens (primary N) is 1. The lowest BCUT2D eigenvalue weighted by atomic mass is 10.1. The molecule has 1 aromatic rings. The summed E-state index contributed by atoms with van der Waals surface area (Å²) in [6, 6.07) is -1.43. The van der Waals surface area contributed by atoms with Crippen molar-refractivity contribution in [2.45, 2.75) is 18.8 Å². The Morgan fingerprint density at radius 1 is 1.72 bits per heavy atom. The van der Waals surface area contributed by atoms with Gasteiger partial charge in [0.1, 0.15) is 6.04 Å². The molecule has 8 heteroatoms. The summed E-state index contributed by atoms with van der Waals surface area (Å²) in [5.74, 6) is -2.80. The summed E-state index contributed by atoms with van der Waals surface area (Å²) in [7, 11) is 1.64. The number of carbonyl (C=O) groups excluding carboxylic acids is 1. The van der Waals surface area contributed by atoms with Gasteiger partial charge < -0.3 is 20.7 Å². The zero-order valence-corrected chi connectivity index (χ0v) is 10.4. The van der Waals surface area contributed by atoms with E-state index in [4.69, 9.17) is 16.3 Å². The van der Waals surface area contributed by atoms with Crippen molar-refractivity contribution in [1.29, 1.82) is 0 Å². The Morgan fingerprint density at radius 2 is 2.39 bits per heavy atom. The van der Waals surface area contributed by atoms with E-state index < -0.39 is 30.8 Å². The van der Waals surface area contributed by atoms with Crippen LogP contribution < -0.4 is 11.1 Å². The lowest BCUT2D eigenvalue weighted by molar-refractivity contribution is -0.141. The van der Waals surface area contributed by atoms with Crippen molar-refractivity contribution in [2.24, 2.45) is 12.8 Å². The number of aryl methyl sites for hydroxylation is 1. The highest BCUT2D eigenvalue weighted by atomic mass is 35.5. The third kappa shape index (κ3) is 4.72. The lowest BCUT2D eigenvalue weighted by Crippen LogP contribution is -2.43. The van der Waals surface area contributed by atoms with Crippen LogP contribution in [0.4, 0.5) is 0 Å². The van der Waals surface area contributed by atoms with Crippen LogP contribution in [0.3, 0.4) is 0 Å². The molecule has 0 aromatic carbocycles. The van der Waals surface area contributed by atoms with Crippen LogP contribution in [0, 0.1) is 0 Å². The number of nitrogens with zero attached hydrogens (tertiary/aromatic N) is 2. The number of imidazole rings is 1. The molecule has 0 bridgehead atoms. The summed E-state index contributed by atoms with van der Waals surface area (Å²) < 4.78 is 30.5. The third-order valence-electron chi connectivity index (χ3n) is 2.12. The Balaban J connectivity index is 0.00000441. The molecule has 0 aliphatic rings. The van der Waals surface area contributed by atoms with Crippen molar-refractivity contribution >= 4 is 24.3 Å². The summed E-state index contributed by atoms with van der Waals surface area (Å²) in [5.41, 5.74) is 5.48. The summed E-state index contributed by atoms with van der Waals surface area (Å²) in [4.78, 5) is 26.7. The molecular formula is C10H17ClN4O3. The van der Waals surface area contributed by atoms with E-state index in [-0.39, 0.29) is 18.8 Å². The maximum Gasteiger partial charge on any atom is 0.326 e. The van der Waals surface area contributed by atoms with Crippen molar-refractivity contribution < 1.29 is 20.2 Å². The largest absolute Gasteiger partial charge is 0.480 e. The minimum Gasteiger partial charge on any atom is -0.480 e. The number of amides is 1. The Morgan fingerprint density at radius 3 is 2.83 bits per heavy atom. The van der Waals surface area contributed by atoms with Gasteiger partial charge in [0.25, 0.3) is 0 Å². The van der Waals surface area contributed by atoms with Crippen molar-refractivity contribution in [3.8, 4) is 0 Å². The van der Waals surface area contributed by atoms with Crippen LogP contribution in [0.25, 0.3) is 0 Å². The van der Waals surface area contributed by atoms with Crippen LogP contribution in [-0.4, -0.2) is 39.1 Å². The number of aliphatic carboxylic acids is 1. The number of carboxylic acid groups (broad SMARTS) is 1. The average Bonchev–Trinajstić information content (AvgIpc) is 2.72. The number of halogens is 1. The van der Waals surface area contributed by atoms with Gasteiger partial charge >= 0.3 is 5.97 Å². The third-order valence-corrected chi connectivity index (χ3v) is 2.12. The zero-order chi connectivity index (χ0) is 16.4. The molecule has 0 saturated carbocycles. The first kappa shape index (κ1) is 10.3. The smallest absolute Gasteiger partial charge is 0.326 e. The molecule has 1 heterocycles. The minimum absolute atomic E-state index is 0. The van der Waals surface area contributed by atoms with E-state index in [0.29, 0.717) is 5.69 Å². The van der Waals surface area contributed by atoms with E-state index >= 15 is 0 Å². The number of nitrogens with one attached hydrogen (secondary N) is 1. The molecule has 0 radical (unpaired) electrons. The maximum atomic E-state index is 11.7. The van der Waals surface area contributed by atoms with E-state index in [1.165, 1.54) is 12.5 Å². The molecule has 1 atom stereocenters. The first-order chi connectivity index (χ1) is 9.46. The van der Waals surface area contributed by atoms with E-state index in [1.807, 2.05) is 5.32 Å². The first-order valence-electron chi connectivity index (χ1n) is 6.74. The van der Waals surface area contributed by atoms with Crippen molar-refractivity contribution in [1.82, 2.24) is 14.9 Å². The lowest BCUT2D eigenvalue weighted by Gasteiger charge is -2.14. The van der Waals surface area contributed by atoms with Gasteiger partial charge in [0, 0.05) is 43.7 Å². The minimum atomic E-state index is -3.06. The summed E-state index contributed by atoms with van der Waals surface area (Å²) >= 11 is 0. The highest BCUT2D eigenvalue weighted by Gasteiger charge is 2.21. The fourth-order valence-electron chi connectivity index (χ4n) is 1.25. The number of carbonyl (C=O) groups is 2. The molecule has 7 nitrogen and oxygen atoms in total. The molecule has 1 amide bonds. The molecule has 1 rings (SSSR count). The highest BCUT2D eigenvalue weighted by molar-refractivity contribution is 5.85. The molecule has 1 aromatic heterocycles. The SMILES string of the molecule is Cl.[2H]C([2H])(N)C([2H])([2H])C(=O)N[C@@H](Cc1cncn1C)C(=O)O. The summed E-state index contributed by atoms with van der Waals surface area (Å²) in [5, 5.41) is 11.0. The Bertz CT molecular complexity index is 547. The molecule has 0 spiro atoms. The average molecular weight is 281 g/mol. The second kappa shape index (κ2) is 7.67. The molecule has 18 heavy (non-hydrogen) atoms. The Kier molecular flexibility index (Phi) is 4.41. The van der Waals surface area contributed by atoms with Crippen LogP contribution in [0.2, 0.25) is 0 Å². The Labute approximate surface area is 116 Å². The molecule has 0 fully saturated rings. The fraction of sp³-hybridized carbons (Fsp3) is 0.500. The van der Waals surface area contributed by atoms with E-state index in [2.05, 4.69) is 4.98 Å². The molecule has 102 valence electrons. The van der Waals surface area contributed by atoms with E-state index in [1.54, 1.807) is 11.6 Å². The topological polar surface area (TPSA) is 110 Å². The summed E-state index contributed by atoms with van der Waals surface area (Å²) in [6.07, 6.45) is -0.318. The van der Waals surface area contributed by atoms with Crippen molar-refractivity contribution in [3.05, 3.63) is 18.2 Å². The Hall–Kier alpha value is -1.60.